The van der Waals surface area contributed by atoms with Gasteiger partial charge in [-0.2, -0.15) is 5.10 Å². The third-order valence-electron chi connectivity index (χ3n) is 5.33. The smallest absolute Gasteiger partial charge is 0.148 e. The van der Waals surface area contributed by atoms with Crippen LogP contribution < -0.4 is 5.49 Å². The molecule has 5 nitrogen and oxygen atoms in total. The van der Waals surface area contributed by atoms with Gasteiger partial charge in [0.1, 0.15) is 11.3 Å². The number of benzene rings is 2. The molecule has 1 unspecified atom stereocenters. The van der Waals surface area contributed by atoms with Gasteiger partial charge in [0.2, 0.25) is 0 Å². The normalized spacial score (nSPS) is 18.1. The van der Waals surface area contributed by atoms with Gasteiger partial charge < -0.3 is 0 Å². The number of fused-ring (bicyclic) bond motifs is 1. The highest BCUT2D eigenvalue weighted by atomic mass is 15.3. The molecule has 2 aromatic carbocycles. The van der Waals surface area contributed by atoms with Gasteiger partial charge in [0.25, 0.3) is 0 Å². The maximum absolute atomic E-state index is 8.66. The van der Waals surface area contributed by atoms with Crippen LogP contribution in [-0.2, 0) is 0 Å². The lowest BCUT2D eigenvalue weighted by molar-refractivity contribution is 0.778. The van der Waals surface area contributed by atoms with E-state index >= 15 is 0 Å². The van der Waals surface area contributed by atoms with Crippen LogP contribution >= 0.6 is 0 Å². The standard InChI is InChI=1S/C23H19N5/c24-22-11-10-21(15-5-2-1-3-6-15)27-28(22)23(25)19-14-18(19)16-8-9-20-17(13-16)7-4-12-26-20/h1-13,18-19,24-25H,14H2/t18-,19?/m1/s1. The third-order valence-corrected chi connectivity index (χ3v) is 5.33. The first kappa shape index (κ1) is 16.6. The number of nitrogens with one attached hydrogen (secondary N) is 2. The van der Waals surface area contributed by atoms with Crippen LogP contribution in [0.3, 0.4) is 0 Å². The van der Waals surface area contributed by atoms with Crippen molar-refractivity contribution in [1.29, 1.82) is 10.8 Å². The first-order valence-electron chi connectivity index (χ1n) is 9.34. The summed E-state index contributed by atoms with van der Waals surface area (Å²) in [5.41, 5.74) is 4.20. The van der Waals surface area contributed by atoms with Crippen molar-refractivity contribution in [1.82, 2.24) is 14.8 Å². The molecule has 1 aliphatic carbocycles. The van der Waals surface area contributed by atoms with E-state index in [2.05, 4.69) is 28.3 Å². The van der Waals surface area contributed by atoms with E-state index in [4.69, 9.17) is 10.8 Å². The Bertz CT molecular complexity index is 1240. The van der Waals surface area contributed by atoms with Crippen molar-refractivity contribution < 1.29 is 0 Å². The van der Waals surface area contributed by atoms with Gasteiger partial charge >= 0.3 is 0 Å². The Balaban J connectivity index is 1.43. The van der Waals surface area contributed by atoms with Crippen LogP contribution in [0.2, 0.25) is 0 Å². The summed E-state index contributed by atoms with van der Waals surface area (Å²) in [5, 5.41) is 22.6. The van der Waals surface area contributed by atoms with Crippen LogP contribution in [0.15, 0.2) is 79.0 Å². The summed E-state index contributed by atoms with van der Waals surface area (Å²) in [6, 6.07) is 23.7. The topological polar surface area (TPSA) is 78.4 Å². The fourth-order valence-corrected chi connectivity index (χ4v) is 3.72. The summed E-state index contributed by atoms with van der Waals surface area (Å²) in [6.07, 6.45) is 2.71. The van der Waals surface area contributed by atoms with Gasteiger partial charge in [0.15, 0.2) is 0 Å². The maximum Gasteiger partial charge on any atom is 0.148 e. The molecule has 28 heavy (non-hydrogen) atoms. The van der Waals surface area contributed by atoms with Crippen LogP contribution in [0.25, 0.3) is 22.2 Å². The van der Waals surface area contributed by atoms with E-state index in [1.54, 1.807) is 12.3 Å². The van der Waals surface area contributed by atoms with Gasteiger partial charge in [0, 0.05) is 23.1 Å². The quantitative estimate of drug-likeness (QED) is 0.421. The molecule has 2 N–H and O–H groups in total. The predicted molar refractivity (Wildman–Crippen MR) is 109 cm³/mol. The predicted octanol–water partition coefficient (Wildman–Crippen LogP) is 4.21. The second-order valence-corrected chi connectivity index (χ2v) is 7.17. The fourth-order valence-electron chi connectivity index (χ4n) is 3.72. The molecule has 2 heterocycles. The molecular formula is C23H19N5. The second-order valence-electron chi connectivity index (χ2n) is 7.17. The highest BCUT2D eigenvalue weighted by Gasteiger charge is 2.42. The summed E-state index contributed by atoms with van der Waals surface area (Å²) in [6.45, 7) is 0. The lowest BCUT2D eigenvalue weighted by Crippen LogP contribution is -2.30. The van der Waals surface area contributed by atoms with Crippen molar-refractivity contribution in [3.63, 3.8) is 0 Å². The van der Waals surface area contributed by atoms with E-state index < -0.39 is 0 Å². The lowest BCUT2D eigenvalue weighted by Gasteiger charge is -2.10. The zero-order valence-electron chi connectivity index (χ0n) is 15.2. The number of nitrogens with zero attached hydrogens (tertiary/aromatic N) is 3. The molecule has 5 heteroatoms. The molecule has 4 aromatic rings. The molecule has 0 radical (unpaired) electrons. The number of pyridine rings is 1. The lowest BCUT2D eigenvalue weighted by atomic mass is 10.1. The van der Waals surface area contributed by atoms with Gasteiger partial charge in [-0.15, -0.1) is 0 Å². The zero-order valence-corrected chi connectivity index (χ0v) is 15.2. The molecule has 2 atom stereocenters. The molecule has 5 rings (SSSR count). The first-order valence-corrected chi connectivity index (χ1v) is 9.34. The number of rotatable bonds is 3. The van der Waals surface area contributed by atoms with Gasteiger partial charge in [-0.05, 0) is 48.2 Å². The summed E-state index contributed by atoms with van der Waals surface area (Å²) < 4.78 is 1.47. The van der Waals surface area contributed by atoms with Crippen LogP contribution in [0, 0.1) is 16.7 Å². The number of hydrogen-bond donors (Lipinski definition) is 2. The van der Waals surface area contributed by atoms with Crippen LogP contribution in [0.4, 0.5) is 0 Å². The molecular weight excluding hydrogens is 346 g/mol. The Morgan fingerprint density at radius 1 is 0.964 bits per heavy atom. The Hall–Kier alpha value is -3.60. The molecule has 1 aliphatic rings. The Labute approximate surface area is 162 Å². The number of aromatic nitrogens is 3. The average Bonchev–Trinajstić information content (AvgIpc) is 3.55. The molecule has 136 valence electrons. The van der Waals surface area contributed by atoms with E-state index in [0.717, 1.165) is 28.6 Å². The van der Waals surface area contributed by atoms with Crippen molar-refractivity contribution in [2.24, 2.45) is 5.92 Å². The monoisotopic (exact) mass is 365 g/mol. The minimum absolute atomic E-state index is 0.0849. The van der Waals surface area contributed by atoms with Crippen molar-refractivity contribution in [2.45, 2.75) is 12.3 Å². The summed E-state index contributed by atoms with van der Waals surface area (Å²) in [5.74, 6) is 0.770. The molecule has 0 aliphatic heterocycles. The van der Waals surface area contributed by atoms with Gasteiger partial charge in [-0.1, -0.05) is 42.5 Å². The van der Waals surface area contributed by atoms with Crippen molar-refractivity contribution >= 4 is 16.7 Å². The first-order chi connectivity index (χ1) is 13.7. The Morgan fingerprint density at radius 2 is 1.82 bits per heavy atom. The summed E-state index contributed by atoms with van der Waals surface area (Å²) >= 11 is 0. The molecule has 0 bridgehead atoms. The highest BCUT2D eigenvalue weighted by molar-refractivity contribution is 5.87. The molecule has 0 spiro atoms. The van der Waals surface area contributed by atoms with E-state index in [1.165, 1.54) is 10.2 Å². The van der Waals surface area contributed by atoms with Crippen LogP contribution in [0.1, 0.15) is 17.9 Å². The summed E-state index contributed by atoms with van der Waals surface area (Å²) in [7, 11) is 0. The largest absolute Gasteiger partial charge is 0.286 e. The maximum atomic E-state index is 8.66. The highest BCUT2D eigenvalue weighted by Crippen LogP contribution is 2.48. The van der Waals surface area contributed by atoms with E-state index in [0.29, 0.717) is 11.8 Å². The van der Waals surface area contributed by atoms with Gasteiger partial charge in [0.05, 0.1) is 11.2 Å². The molecule has 1 saturated carbocycles. The average molecular weight is 365 g/mol. The van der Waals surface area contributed by atoms with Gasteiger partial charge in [-0.3, -0.25) is 15.8 Å². The molecule has 0 amide bonds. The van der Waals surface area contributed by atoms with E-state index in [-0.39, 0.29) is 11.4 Å². The molecule has 1 fully saturated rings. The fraction of sp³-hybridized carbons (Fsp3) is 0.130. The van der Waals surface area contributed by atoms with Crippen LogP contribution in [-0.4, -0.2) is 20.6 Å². The van der Waals surface area contributed by atoms with Crippen molar-refractivity contribution in [2.75, 3.05) is 0 Å². The molecule has 2 aromatic heterocycles. The van der Waals surface area contributed by atoms with E-state index in [9.17, 15) is 0 Å². The van der Waals surface area contributed by atoms with Crippen LogP contribution in [0.5, 0.6) is 0 Å². The Kier molecular flexibility index (Phi) is 3.86. The third kappa shape index (κ3) is 2.91. The minimum Gasteiger partial charge on any atom is -0.286 e. The zero-order chi connectivity index (χ0) is 19.1. The minimum atomic E-state index is 0.0849. The Morgan fingerprint density at radius 3 is 2.68 bits per heavy atom. The van der Waals surface area contributed by atoms with Crippen molar-refractivity contribution in [3.8, 4) is 11.3 Å². The molecule has 0 saturated heterocycles. The van der Waals surface area contributed by atoms with E-state index in [1.807, 2.05) is 48.5 Å². The summed E-state index contributed by atoms with van der Waals surface area (Å²) in [4.78, 5) is 4.37. The van der Waals surface area contributed by atoms with Gasteiger partial charge in [-0.25, -0.2) is 4.68 Å². The van der Waals surface area contributed by atoms with Crippen molar-refractivity contribution in [3.05, 3.63) is 90.0 Å². The SMILES string of the molecule is N=C(C1C[C@@H]1c1ccc2ncccc2c1)n1nc(-c2ccccc2)ccc1=N. The number of hydrogen-bond acceptors (Lipinski definition) is 4. The second kappa shape index (κ2) is 6.53.